The van der Waals surface area contributed by atoms with Gasteiger partial charge in [0.25, 0.3) is 5.91 Å². The van der Waals surface area contributed by atoms with E-state index in [0.717, 1.165) is 31.4 Å². The van der Waals surface area contributed by atoms with Gasteiger partial charge in [0.05, 0.1) is 5.41 Å². The first-order valence-electron chi connectivity index (χ1n) is 10.0. The summed E-state index contributed by atoms with van der Waals surface area (Å²) in [7, 11) is 0. The number of anilines is 1. The minimum Gasteiger partial charge on any atom is -0.455 e. The summed E-state index contributed by atoms with van der Waals surface area (Å²) in [5.74, 6) is 0.980. The summed E-state index contributed by atoms with van der Waals surface area (Å²) in [6.45, 7) is 4.02. The van der Waals surface area contributed by atoms with Crippen LogP contribution in [0.2, 0.25) is 0 Å². The maximum absolute atomic E-state index is 12.9. The number of ether oxygens (including phenoxy) is 1. The monoisotopic (exact) mass is 389 g/mol. The van der Waals surface area contributed by atoms with Crippen molar-refractivity contribution in [2.45, 2.75) is 63.2 Å². The van der Waals surface area contributed by atoms with Crippen molar-refractivity contribution in [3.8, 4) is 0 Å². The predicted molar refractivity (Wildman–Crippen MR) is 106 cm³/mol. The molecule has 1 aromatic carbocycles. The first-order chi connectivity index (χ1) is 12.8. The molecule has 4 saturated carbocycles. The molecule has 4 fully saturated rings. The molecule has 0 radical (unpaired) electrons. The summed E-state index contributed by atoms with van der Waals surface area (Å²) in [4.78, 5) is 24.8. The summed E-state index contributed by atoms with van der Waals surface area (Å²) in [5.41, 5.74) is 1.47. The van der Waals surface area contributed by atoms with Gasteiger partial charge in [-0.1, -0.05) is 26.0 Å². The molecule has 0 unspecified atom stereocenters. The molecule has 0 spiro atoms. The SMILES string of the molecule is CC(C)c1ccc(NC(=O)COC(=O)C23C[C@H]4C[C@@H](CC(Cl)(C4)C2)C3)cc1. The van der Waals surface area contributed by atoms with Crippen LogP contribution in [-0.4, -0.2) is 23.4 Å². The Labute approximate surface area is 166 Å². The van der Waals surface area contributed by atoms with E-state index in [0.29, 0.717) is 24.2 Å². The number of amides is 1. The molecule has 4 bridgehead atoms. The van der Waals surface area contributed by atoms with Crippen LogP contribution < -0.4 is 5.32 Å². The topological polar surface area (TPSA) is 55.4 Å². The standard InChI is InChI=1S/C22H28ClNO3/c1-14(2)17-3-5-18(6-4-17)24-19(25)12-27-20(26)21-8-15-7-16(9-21)11-22(23,10-15)13-21/h3-6,14-16H,7-13H2,1-2H3,(H,24,25)/t15-,16-,21?,22?/m1/s1. The first kappa shape index (κ1) is 18.8. The lowest BCUT2D eigenvalue weighted by Gasteiger charge is -2.58. The fourth-order valence-electron chi connectivity index (χ4n) is 5.82. The van der Waals surface area contributed by atoms with E-state index in [-0.39, 0.29) is 23.4 Å². The maximum Gasteiger partial charge on any atom is 0.312 e. The highest BCUT2D eigenvalue weighted by Gasteiger charge is 2.60. The highest BCUT2D eigenvalue weighted by molar-refractivity contribution is 6.24. The number of esters is 1. The molecule has 27 heavy (non-hydrogen) atoms. The van der Waals surface area contributed by atoms with Crippen molar-refractivity contribution in [1.29, 1.82) is 0 Å². The molecule has 0 saturated heterocycles. The number of benzene rings is 1. The van der Waals surface area contributed by atoms with Crippen molar-refractivity contribution in [1.82, 2.24) is 0 Å². The Balaban J connectivity index is 1.33. The van der Waals surface area contributed by atoms with Crippen molar-refractivity contribution >= 4 is 29.2 Å². The van der Waals surface area contributed by atoms with Crippen molar-refractivity contribution in [2.75, 3.05) is 11.9 Å². The Hall–Kier alpha value is -1.55. The minimum absolute atomic E-state index is 0.230. The van der Waals surface area contributed by atoms with Gasteiger partial charge in [-0.15, -0.1) is 11.6 Å². The summed E-state index contributed by atoms with van der Waals surface area (Å²) >= 11 is 6.78. The van der Waals surface area contributed by atoms with Crippen molar-refractivity contribution in [2.24, 2.45) is 17.3 Å². The molecule has 146 valence electrons. The van der Waals surface area contributed by atoms with E-state index in [1.807, 2.05) is 24.3 Å². The fraction of sp³-hybridized carbons (Fsp3) is 0.636. The van der Waals surface area contributed by atoms with Crippen LogP contribution in [0.3, 0.4) is 0 Å². The molecule has 2 atom stereocenters. The lowest BCUT2D eigenvalue weighted by molar-refractivity contribution is -0.171. The van der Waals surface area contributed by atoms with Gasteiger partial charge in [0.2, 0.25) is 0 Å². The number of rotatable bonds is 5. The third-order valence-corrected chi connectivity index (χ3v) is 7.06. The number of hydrogen-bond acceptors (Lipinski definition) is 3. The molecule has 1 N–H and O–H groups in total. The van der Waals surface area contributed by atoms with Gasteiger partial charge in [0.15, 0.2) is 6.61 Å². The Kier molecular flexibility index (Phi) is 4.74. The van der Waals surface area contributed by atoms with Crippen LogP contribution in [0.1, 0.15) is 63.9 Å². The second-order valence-corrected chi connectivity index (χ2v) is 10.1. The zero-order valence-electron chi connectivity index (χ0n) is 16.1. The molecule has 4 aliphatic carbocycles. The Morgan fingerprint density at radius 3 is 2.33 bits per heavy atom. The average molecular weight is 390 g/mol. The van der Waals surface area contributed by atoms with Gasteiger partial charge in [-0.2, -0.15) is 0 Å². The van der Waals surface area contributed by atoms with E-state index in [1.54, 1.807) is 0 Å². The van der Waals surface area contributed by atoms with Gasteiger partial charge in [-0.05, 0) is 74.0 Å². The Morgan fingerprint density at radius 1 is 1.15 bits per heavy atom. The maximum atomic E-state index is 12.9. The lowest BCUT2D eigenvalue weighted by atomic mass is 9.49. The molecule has 4 nitrogen and oxygen atoms in total. The zero-order chi connectivity index (χ0) is 19.2. The van der Waals surface area contributed by atoms with Gasteiger partial charge in [0, 0.05) is 10.6 Å². The van der Waals surface area contributed by atoms with Crippen LogP contribution in [0, 0.1) is 17.3 Å². The molecule has 5 heteroatoms. The van der Waals surface area contributed by atoms with Crippen LogP contribution in [0.5, 0.6) is 0 Å². The highest BCUT2D eigenvalue weighted by Crippen LogP contribution is 2.64. The summed E-state index contributed by atoms with van der Waals surface area (Å²) in [5, 5.41) is 2.80. The largest absolute Gasteiger partial charge is 0.455 e. The molecular weight excluding hydrogens is 362 g/mol. The molecule has 0 aliphatic heterocycles. The number of halogens is 1. The normalized spacial score (nSPS) is 33.9. The summed E-state index contributed by atoms with van der Waals surface area (Å²) < 4.78 is 5.46. The second-order valence-electron chi connectivity index (χ2n) is 9.29. The average Bonchev–Trinajstić information content (AvgIpc) is 2.58. The molecule has 1 amide bonds. The van der Waals surface area contributed by atoms with Crippen LogP contribution in [0.15, 0.2) is 24.3 Å². The van der Waals surface area contributed by atoms with Gasteiger partial charge in [-0.25, -0.2) is 0 Å². The van der Waals surface area contributed by atoms with E-state index >= 15 is 0 Å². The van der Waals surface area contributed by atoms with Crippen molar-refractivity contribution < 1.29 is 14.3 Å². The number of nitrogens with one attached hydrogen (secondary N) is 1. The Morgan fingerprint density at radius 2 is 1.78 bits per heavy atom. The van der Waals surface area contributed by atoms with Gasteiger partial charge in [0.1, 0.15) is 0 Å². The van der Waals surface area contributed by atoms with Gasteiger partial charge < -0.3 is 10.1 Å². The van der Waals surface area contributed by atoms with Crippen LogP contribution >= 0.6 is 11.6 Å². The Bertz CT molecular complexity index is 728. The number of carbonyl (C=O) groups is 2. The van der Waals surface area contributed by atoms with Crippen molar-refractivity contribution in [3.05, 3.63) is 29.8 Å². The first-order valence-corrected chi connectivity index (χ1v) is 10.4. The second kappa shape index (κ2) is 6.80. The van der Waals surface area contributed by atoms with E-state index in [9.17, 15) is 9.59 Å². The smallest absolute Gasteiger partial charge is 0.312 e. The molecule has 4 aliphatic rings. The summed E-state index contributed by atoms with van der Waals surface area (Å²) in [6, 6.07) is 7.76. The van der Waals surface area contributed by atoms with E-state index in [4.69, 9.17) is 16.3 Å². The predicted octanol–water partition coefficient (Wildman–Crippen LogP) is 4.87. The van der Waals surface area contributed by atoms with Gasteiger partial charge >= 0.3 is 5.97 Å². The highest BCUT2D eigenvalue weighted by atomic mass is 35.5. The third-order valence-electron chi connectivity index (χ3n) is 6.62. The van der Waals surface area contributed by atoms with Crippen molar-refractivity contribution in [3.63, 3.8) is 0 Å². The molecular formula is C22H28ClNO3. The van der Waals surface area contributed by atoms with Crippen LogP contribution in [-0.2, 0) is 14.3 Å². The van der Waals surface area contributed by atoms with E-state index in [2.05, 4.69) is 19.2 Å². The number of carbonyl (C=O) groups excluding carboxylic acids is 2. The van der Waals surface area contributed by atoms with Gasteiger partial charge in [-0.3, -0.25) is 9.59 Å². The van der Waals surface area contributed by atoms with Crippen LogP contribution in [0.4, 0.5) is 5.69 Å². The molecule has 1 aromatic rings. The number of alkyl halides is 1. The van der Waals surface area contributed by atoms with E-state index in [1.165, 1.54) is 12.0 Å². The minimum atomic E-state index is -0.467. The van der Waals surface area contributed by atoms with E-state index < -0.39 is 5.41 Å². The third kappa shape index (κ3) is 3.73. The quantitative estimate of drug-likeness (QED) is 0.577. The molecule has 0 heterocycles. The zero-order valence-corrected chi connectivity index (χ0v) is 16.8. The fourth-order valence-corrected chi connectivity index (χ4v) is 6.51. The molecule has 5 rings (SSSR count). The number of hydrogen-bond donors (Lipinski definition) is 1. The molecule has 0 aromatic heterocycles. The van der Waals surface area contributed by atoms with Crippen LogP contribution in [0.25, 0.3) is 0 Å². The lowest BCUT2D eigenvalue weighted by Crippen LogP contribution is -2.56. The summed E-state index contributed by atoms with van der Waals surface area (Å²) in [6.07, 6.45) is 5.67.